The predicted molar refractivity (Wildman–Crippen MR) is 99.2 cm³/mol. The van der Waals surface area contributed by atoms with Gasteiger partial charge in [0.1, 0.15) is 0 Å². The van der Waals surface area contributed by atoms with Gasteiger partial charge in [0.05, 0.1) is 17.9 Å². The number of para-hydroxylation sites is 1. The van der Waals surface area contributed by atoms with E-state index < -0.39 is 5.97 Å². The smallest absolute Gasteiger partial charge is 0.340 e. The molecule has 0 atom stereocenters. The topological polar surface area (TPSA) is 84.5 Å². The van der Waals surface area contributed by atoms with Crippen molar-refractivity contribution in [3.63, 3.8) is 0 Å². The fourth-order valence-electron chi connectivity index (χ4n) is 2.37. The molecule has 0 radical (unpaired) electrons. The summed E-state index contributed by atoms with van der Waals surface area (Å²) < 4.78 is 4.97. The van der Waals surface area contributed by atoms with Crippen LogP contribution in [0.1, 0.15) is 39.6 Å². The molecule has 6 heteroatoms. The van der Waals surface area contributed by atoms with Crippen LogP contribution in [0.4, 0.5) is 5.69 Å². The molecule has 6 nitrogen and oxygen atoms in total. The van der Waals surface area contributed by atoms with Gasteiger partial charge in [0.25, 0.3) is 5.91 Å². The number of hydrogen-bond acceptors (Lipinski definition) is 4. The average molecular weight is 354 g/mol. The van der Waals surface area contributed by atoms with Crippen LogP contribution >= 0.6 is 0 Å². The van der Waals surface area contributed by atoms with Gasteiger partial charge >= 0.3 is 5.97 Å². The number of nitrogens with one attached hydrogen (secondary N) is 2. The monoisotopic (exact) mass is 354 g/mol. The molecular formula is C20H22N2O4. The summed E-state index contributed by atoms with van der Waals surface area (Å²) in [5.74, 6) is -1.02. The Morgan fingerprint density at radius 1 is 1.04 bits per heavy atom. The van der Waals surface area contributed by atoms with Crippen molar-refractivity contribution in [2.45, 2.75) is 20.3 Å². The summed E-state index contributed by atoms with van der Waals surface area (Å²) in [6, 6.07) is 13.9. The van der Waals surface area contributed by atoms with E-state index in [0.29, 0.717) is 16.8 Å². The molecule has 2 rings (SSSR count). The Morgan fingerprint density at radius 3 is 2.54 bits per heavy atom. The highest BCUT2D eigenvalue weighted by Gasteiger charge is 2.14. The maximum absolute atomic E-state index is 12.1. The van der Waals surface area contributed by atoms with Crippen LogP contribution in [0, 0.1) is 6.92 Å². The lowest BCUT2D eigenvalue weighted by atomic mass is 10.1. The van der Waals surface area contributed by atoms with Crippen LogP contribution in [0.15, 0.2) is 48.5 Å². The van der Waals surface area contributed by atoms with E-state index in [0.717, 1.165) is 5.56 Å². The van der Waals surface area contributed by atoms with Crippen LogP contribution in [0.2, 0.25) is 0 Å². The molecule has 0 unspecified atom stereocenters. The number of carbonyl (C=O) groups excluding carboxylic acids is 3. The molecule has 0 saturated heterocycles. The van der Waals surface area contributed by atoms with Gasteiger partial charge in [-0.1, -0.05) is 29.8 Å². The van der Waals surface area contributed by atoms with Gasteiger partial charge in [-0.25, -0.2) is 4.79 Å². The highest BCUT2D eigenvalue weighted by molar-refractivity contribution is 6.01. The minimum Gasteiger partial charge on any atom is -0.462 e. The zero-order chi connectivity index (χ0) is 18.9. The van der Waals surface area contributed by atoms with E-state index in [1.54, 1.807) is 43.3 Å². The number of carbonyl (C=O) groups is 3. The summed E-state index contributed by atoms with van der Waals surface area (Å²) in [4.78, 5) is 36.1. The maximum atomic E-state index is 12.1. The van der Waals surface area contributed by atoms with E-state index >= 15 is 0 Å². The summed E-state index contributed by atoms with van der Waals surface area (Å²) >= 11 is 0. The van der Waals surface area contributed by atoms with Gasteiger partial charge in [0, 0.05) is 18.5 Å². The first-order valence-corrected chi connectivity index (χ1v) is 8.42. The highest BCUT2D eigenvalue weighted by Crippen LogP contribution is 2.16. The van der Waals surface area contributed by atoms with E-state index in [4.69, 9.17) is 4.74 Å². The van der Waals surface area contributed by atoms with Gasteiger partial charge in [0.2, 0.25) is 5.91 Å². The summed E-state index contributed by atoms with van der Waals surface area (Å²) in [6.07, 6.45) is 0.0920. The Bertz CT molecular complexity index is 802. The quantitative estimate of drug-likeness (QED) is 0.749. The largest absolute Gasteiger partial charge is 0.462 e. The van der Waals surface area contributed by atoms with Gasteiger partial charge in [0.15, 0.2) is 0 Å². The molecule has 0 fully saturated rings. The molecule has 0 saturated carbocycles. The van der Waals surface area contributed by atoms with E-state index in [-0.39, 0.29) is 31.4 Å². The van der Waals surface area contributed by atoms with E-state index in [1.165, 1.54) is 0 Å². The molecule has 2 amide bonds. The lowest BCUT2D eigenvalue weighted by molar-refractivity contribution is -0.116. The van der Waals surface area contributed by atoms with E-state index in [2.05, 4.69) is 10.6 Å². The second-order valence-corrected chi connectivity index (χ2v) is 5.69. The fraction of sp³-hybridized carbons (Fsp3) is 0.250. The summed E-state index contributed by atoms with van der Waals surface area (Å²) in [5, 5.41) is 5.39. The molecule has 26 heavy (non-hydrogen) atoms. The molecule has 136 valence electrons. The first-order chi connectivity index (χ1) is 12.5. The minimum absolute atomic E-state index is 0.0920. The molecule has 0 spiro atoms. The SMILES string of the molecule is CCOC(=O)c1ccccc1NC(=O)CCNC(=O)c1cccc(C)c1. The average Bonchev–Trinajstić information content (AvgIpc) is 2.62. The summed E-state index contributed by atoms with van der Waals surface area (Å²) in [6.45, 7) is 4.08. The van der Waals surface area contributed by atoms with Gasteiger partial charge in [-0.3, -0.25) is 9.59 Å². The van der Waals surface area contributed by atoms with Crippen molar-refractivity contribution in [2.24, 2.45) is 0 Å². The molecule has 0 aliphatic rings. The van der Waals surface area contributed by atoms with Crippen LogP contribution in [0.3, 0.4) is 0 Å². The molecule has 0 heterocycles. The van der Waals surface area contributed by atoms with Crippen LogP contribution in [0.5, 0.6) is 0 Å². The summed E-state index contributed by atoms with van der Waals surface area (Å²) in [5.41, 5.74) is 2.23. The van der Waals surface area contributed by atoms with E-state index in [9.17, 15) is 14.4 Å². The lowest BCUT2D eigenvalue weighted by Crippen LogP contribution is -2.28. The van der Waals surface area contributed by atoms with Crippen molar-refractivity contribution in [1.82, 2.24) is 5.32 Å². The summed E-state index contributed by atoms with van der Waals surface area (Å²) in [7, 11) is 0. The minimum atomic E-state index is -0.490. The number of esters is 1. The highest BCUT2D eigenvalue weighted by atomic mass is 16.5. The fourth-order valence-corrected chi connectivity index (χ4v) is 2.37. The van der Waals surface area contributed by atoms with Crippen molar-refractivity contribution >= 4 is 23.5 Å². The van der Waals surface area contributed by atoms with Crippen molar-refractivity contribution in [3.8, 4) is 0 Å². The van der Waals surface area contributed by atoms with Crippen LogP contribution in [-0.4, -0.2) is 30.9 Å². The number of anilines is 1. The first-order valence-electron chi connectivity index (χ1n) is 8.42. The molecule has 0 aliphatic carbocycles. The van der Waals surface area contributed by atoms with Gasteiger partial charge in [-0.15, -0.1) is 0 Å². The van der Waals surface area contributed by atoms with E-state index in [1.807, 2.05) is 19.1 Å². The molecule has 2 aromatic rings. The second kappa shape index (κ2) is 9.36. The molecular weight excluding hydrogens is 332 g/mol. The number of benzene rings is 2. The number of aryl methyl sites for hydroxylation is 1. The van der Waals surface area contributed by atoms with Crippen molar-refractivity contribution in [1.29, 1.82) is 0 Å². The van der Waals surface area contributed by atoms with Crippen LogP contribution in [-0.2, 0) is 9.53 Å². The molecule has 0 aromatic heterocycles. The Labute approximate surface area is 152 Å². The predicted octanol–water partition coefficient (Wildman–Crippen LogP) is 2.93. The third-order valence-corrected chi connectivity index (χ3v) is 3.61. The van der Waals surface area contributed by atoms with Gasteiger partial charge in [-0.2, -0.15) is 0 Å². The maximum Gasteiger partial charge on any atom is 0.340 e. The third kappa shape index (κ3) is 5.44. The molecule has 2 aromatic carbocycles. The number of amides is 2. The van der Waals surface area contributed by atoms with Crippen LogP contribution < -0.4 is 10.6 Å². The van der Waals surface area contributed by atoms with Crippen molar-refractivity contribution in [3.05, 3.63) is 65.2 Å². The standard InChI is InChI=1S/C20H22N2O4/c1-3-26-20(25)16-9-4-5-10-17(16)22-18(23)11-12-21-19(24)15-8-6-7-14(2)13-15/h4-10,13H,3,11-12H2,1-2H3,(H,21,24)(H,22,23). The number of hydrogen-bond donors (Lipinski definition) is 2. The Kier molecular flexibility index (Phi) is 6.91. The lowest BCUT2D eigenvalue weighted by Gasteiger charge is -2.10. The first kappa shape index (κ1) is 19.2. The second-order valence-electron chi connectivity index (χ2n) is 5.69. The number of rotatable bonds is 7. The molecule has 0 aliphatic heterocycles. The zero-order valence-corrected chi connectivity index (χ0v) is 14.9. The normalized spacial score (nSPS) is 10.1. The Balaban J connectivity index is 1.88. The third-order valence-electron chi connectivity index (χ3n) is 3.61. The molecule has 2 N–H and O–H groups in total. The van der Waals surface area contributed by atoms with Crippen molar-refractivity contribution < 1.29 is 19.1 Å². The zero-order valence-electron chi connectivity index (χ0n) is 14.9. The van der Waals surface area contributed by atoms with Crippen LogP contribution in [0.25, 0.3) is 0 Å². The Hall–Kier alpha value is -3.15. The van der Waals surface area contributed by atoms with Gasteiger partial charge < -0.3 is 15.4 Å². The number of ether oxygens (including phenoxy) is 1. The van der Waals surface area contributed by atoms with Crippen molar-refractivity contribution in [2.75, 3.05) is 18.5 Å². The Morgan fingerprint density at radius 2 is 1.81 bits per heavy atom. The molecule has 0 bridgehead atoms. The van der Waals surface area contributed by atoms with Gasteiger partial charge in [-0.05, 0) is 38.1 Å².